The first-order valence-electron chi connectivity index (χ1n) is 8.93. The first-order chi connectivity index (χ1) is 11.6. The maximum atomic E-state index is 12.7. The third-order valence-corrected chi connectivity index (χ3v) is 5.83. The Balaban J connectivity index is 1.44. The predicted molar refractivity (Wildman–Crippen MR) is 91.1 cm³/mol. The molecule has 1 aromatic carbocycles. The molecule has 0 unspecified atom stereocenters. The number of aliphatic hydroxyl groups is 1. The molecular weight excluding hydrogens is 304 g/mol. The third-order valence-electron chi connectivity index (χ3n) is 5.83. The van der Waals surface area contributed by atoms with E-state index in [9.17, 15) is 9.90 Å². The van der Waals surface area contributed by atoms with E-state index < -0.39 is 0 Å². The third kappa shape index (κ3) is 2.80. The molecule has 2 saturated heterocycles. The Labute approximate surface area is 143 Å². The highest BCUT2D eigenvalue weighted by Crippen LogP contribution is 2.43. The zero-order chi connectivity index (χ0) is 16.7. The molecule has 1 amide bonds. The number of carbonyl (C=O) groups excluding carboxylic acids is 1. The maximum absolute atomic E-state index is 12.7. The quantitative estimate of drug-likeness (QED) is 0.891. The van der Waals surface area contributed by atoms with Crippen LogP contribution in [-0.2, 0) is 0 Å². The second-order valence-corrected chi connectivity index (χ2v) is 7.72. The zero-order valence-corrected chi connectivity index (χ0v) is 14.3. The van der Waals surface area contributed by atoms with Gasteiger partial charge in [-0.1, -0.05) is 6.07 Å². The molecule has 24 heavy (non-hydrogen) atoms. The van der Waals surface area contributed by atoms with Crippen LogP contribution in [0.4, 0.5) is 0 Å². The van der Waals surface area contributed by atoms with E-state index in [2.05, 4.69) is 4.90 Å². The van der Waals surface area contributed by atoms with Gasteiger partial charge in [-0.15, -0.1) is 0 Å². The number of amides is 1. The Morgan fingerprint density at radius 3 is 2.79 bits per heavy atom. The number of nitrogens with zero attached hydrogens (tertiary/aromatic N) is 2. The van der Waals surface area contributed by atoms with E-state index in [4.69, 9.17) is 4.74 Å². The number of hydrogen-bond acceptors (Lipinski definition) is 4. The Bertz CT molecular complexity index is 623. The van der Waals surface area contributed by atoms with Crippen molar-refractivity contribution in [2.45, 2.75) is 24.8 Å². The Morgan fingerprint density at radius 1 is 1.33 bits per heavy atom. The lowest BCUT2D eigenvalue weighted by atomic mass is 9.84. The molecule has 2 aliphatic heterocycles. The summed E-state index contributed by atoms with van der Waals surface area (Å²) in [5, 5.41) is 9.58. The van der Waals surface area contributed by atoms with E-state index in [-0.39, 0.29) is 18.1 Å². The van der Waals surface area contributed by atoms with E-state index in [1.807, 2.05) is 23.1 Å². The second-order valence-electron chi connectivity index (χ2n) is 7.72. The highest BCUT2D eigenvalue weighted by molar-refractivity contribution is 5.95. The van der Waals surface area contributed by atoms with Crippen LogP contribution in [0.3, 0.4) is 0 Å². The summed E-state index contributed by atoms with van der Waals surface area (Å²) in [6.45, 7) is 3.94. The van der Waals surface area contributed by atoms with Crippen LogP contribution in [0.2, 0.25) is 0 Å². The van der Waals surface area contributed by atoms with Gasteiger partial charge in [0.2, 0.25) is 0 Å². The number of likely N-dealkylation sites (tertiary alicyclic amines) is 2. The topological polar surface area (TPSA) is 53.0 Å². The number of methoxy groups -OCH3 is 1. The van der Waals surface area contributed by atoms with Crippen LogP contribution in [0.1, 0.15) is 29.6 Å². The van der Waals surface area contributed by atoms with Crippen LogP contribution in [0.15, 0.2) is 24.3 Å². The molecule has 130 valence electrons. The van der Waals surface area contributed by atoms with Crippen LogP contribution in [0, 0.1) is 11.8 Å². The second kappa shape index (κ2) is 6.05. The van der Waals surface area contributed by atoms with Crippen LogP contribution < -0.4 is 4.74 Å². The van der Waals surface area contributed by atoms with Gasteiger partial charge < -0.3 is 14.7 Å². The molecule has 1 atom stereocenters. The predicted octanol–water partition coefficient (Wildman–Crippen LogP) is 1.61. The van der Waals surface area contributed by atoms with Crippen LogP contribution in [0.25, 0.3) is 0 Å². The summed E-state index contributed by atoms with van der Waals surface area (Å²) in [4.78, 5) is 17.2. The average Bonchev–Trinajstić information content (AvgIpc) is 3.31. The lowest BCUT2D eigenvalue weighted by Crippen LogP contribution is -2.69. The molecule has 0 bridgehead atoms. The summed E-state index contributed by atoms with van der Waals surface area (Å²) < 4.78 is 5.22. The van der Waals surface area contributed by atoms with Gasteiger partial charge in [0.05, 0.1) is 12.6 Å². The minimum Gasteiger partial charge on any atom is -0.497 e. The molecule has 5 heteroatoms. The van der Waals surface area contributed by atoms with Crippen molar-refractivity contribution in [1.82, 2.24) is 9.80 Å². The average molecular weight is 330 g/mol. The van der Waals surface area contributed by atoms with Crippen LogP contribution in [-0.4, -0.2) is 66.2 Å². The van der Waals surface area contributed by atoms with E-state index in [1.165, 1.54) is 12.8 Å². The van der Waals surface area contributed by atoms with Gasteiger partial charge in [-0.25, -0.2) is 0 Å². The molecule has 0 radical (unpaired) electrons. The van der Waals surface area contributed by atoms with Gasteiger partial charge in [0.25, 0.3) is 5.91 Å². The summed E-state index contributed by atoms with van der Waals surface area (Å²) in [5.74, 6) is 1.99. The van der Waals surface area contributed by atoms with Gasteiger partial charge in [0.15, 0.2) is 0 Å². The normalized spacial score (nSPS) is 25.8. The van der Waals surface area contributed by atoms with Crippen LogP contribution >= 0.6 is 0 Å². The van der Waals surface area contributed by atoms with E-state index in [1.54, 1.807) is 13.2 Å². The standard InChI is InChI=1S/C19H26N2O3/c1-24-17-4-2-3-16(7-17)18(23)20-12-19(13-20)8-15(11-22)10-21(19)9-14-5-6-14/h2-4,7,14-15,22H,5-6,8-13H2,1H3/t15-/m0/s1. The molecule has 3 aliphatic rings. The minimum atomic E-state index is 0.0818. The van der Waals surface area contributed by atoms with Gasteiger partial charge in [0, 0.05) is 38.3 Å². The van der Waals surface area contributed by atoms with E-state index in [0.717, 1.165) is 38.5 Å². The molecular formula is C19H26N2O3. The summed E-state index contributed by atoms with van der Waals surface area (Å²) in [5.41, 5.74) is 0.791. The molecule has 4 rings (SSSR count). The molecule has 1 aromatic rings. The number of hydrogen-bond donors (Lipinski definition) is 1. The van der Waals surface area contributed by atoms with Crippen molar-refractivity contribution in [1.29, 1.82) is 0 Å². The molecule has 1 spiro atoms. The SMILES string of the molecule is COc1cccc(C(=O)N2CC3(C[C@H](CO)CN3CC3CC3)C2)c1. The Hall–Kier alpha value is -1.59. The molecule has 1 N–H and O–H groups in total. The molecule has 0 aromatic heterocycles. The van der Waals surface area contributed by atoms with Gasteiger partial charge in [-0.3, -0.25) is 9.69 Å². The van der Waals surface area contributed by atoms with Crippen molar-refractivity contribution in [2.24, 2.45) is 11.8 Å². The van der Waals surface area contributed by atoms with Gasteiger partial charge >= 0.3 is 0 Å². The number of rotatable bonds is 5. The fraction of sp³-hybridized carbons (Fsp3) is 0.632. The molecule has 5 nitrogen and oxygen atoms in total. The molecule has 3 fully saturated rings. The van der Waals surface area contributed by atoms with Crippen molar-refractivity contribution >= 4 is 5.91 Å². The minimum absolute atomic E-state index is 0.0818. The van der Waals surface area contributed by atoms with Crippen molar-refractivity contribution in [2.75, 3.05) is 39.9 Å². The number of ether oxygens (including phenoxy) is 1. The number of aliphatic hydroxyl groups excluding tert-OH is 1. The first kappa shape index (κ1) is 15.9. The molecule has 2 heterocycles. The first-order valence-corrected chi connectivity index (χ1v) is 8.93. The molecule has 1 saturated carbocycles. The van der Waals surface area contributed by atoms with Crippen molar-refractivity contribution in [3.8, 4) is 5.75 Å². The summed E-state index contributed by atoms with van der Waals surface area (Å²) >= 11 is 0. The lowest BCUT2D eigenvalue weighted by molar-refractivity contribution is -0.0200. The Morgan fingerprint density at radius 2 is 2.12 bits per heavy atom. The lowest BCUT2D eigenvalue weighted by Gasteiger charge is -2.53. The largest absolute Gasteiger partial charge is 0.497 e. The number of carbonyl (C=O) groups is 1. The maximum Gasteiger partial charge on any atom is 0.254 e. The van der Waals surface area contributed by atoms with Crippen molar-refractivity contribution in [3.63, 3.8) is 0 Å². The van der Waals surface area contributed by atoms with Gasteiger partial charge in [-0.05, 0) is 49.3 Å². The Kier molecular flexibility index (Phi) is 4.01. The van der Waals surface area contributed by atoms with Crippen molar-refractivity contribution < 1.29 is 14.6 Å². The van der Waals surface area contributed by atoms with Crippen molar-refractivity contribution in [3.05, 3.63) is 29.8 Å². The monoisotopic (exact) mass is 330 g/mol. The van der Waals surface area contributed by atoms with Crippen LogP contribution in [0.5, 0.6) is 5.75 Å². The summed E-state index contributed by atoms with van der Waals surface area (Å²) in [7, 11) is 1.62. The van der Waals surface area contributed by atoms with Gasteiger partial charge in [0.1, 0.15) is 5.75 Å². The molecule has 1 aliphatic carbocycles. The zero-order valence-electron chi connectivity index (χ0n) is 14.3. The van der Waals surface area contributed by atoms with E-state index >= 15 is 0 Å². The smallest absolute Gasteiger partial charge is 0.254 e. The fourth-order valence-corrected chi connectivity index (χ4v) is 4.31. The summed E-state index contributed by atoms with van der Waals surface area (Å²) in [6, 6.07) is 7.37. The highest BCUT2D eigenvalue weighted by atomic mass is 16.5. The van der Waals surface area contributed by atoms with Gasteiger partial charge in [-0.2, -0.15) is 0 Å². The fourth-order valence-electron chi connectivity index (χ4n) is 4.31. The summed E-state index contributed by atoms with van der Waals surface area (Å²) in [6.07, 6.45) is 3.68. The number of benzene rings is 1. The van der Waals surface area contributed by atoms with E-state index in [0.29, 0.717) is 17.2 Å². The highest BCUT2D eigenvalue weighted by Gasteiger charge is 2.55.